The minimum Gasteiger partial charge on any atom is -0.488 e. The quantitative estimate of drug-likeness (QED) is 0.180. The van der Waals surface area contributed by atoms with Crippen LogP contribution in [0.3, 0.4) is 0 Å². The fourth-order valence-corrected chi connectivity index (χ4v) is 4.48. The average molecular weight is 630 g/mol. The zero-order chi connectivity index (χ0) is 24.5. The molecule has 0 fully saturated rings. The predicted molar refractivity (Wildman–Crippen MR) is 150 cm³/mol. The Hall–Kier alpha value is -2.52. The molecule has 0 aliphatic rings. The van der Waals surface area contributed by atoms with Gasteiger partial charge in [0.1, 0.15) is 18.2 Å². The fourth-order valence-electron chi connectivity index (χ4n) is 3.43. The van der Waals surface area contributed by atoms with Gasteiger partial charge in [0.05, 0.1) is 20.7 Å². The van der Waals surface area contributed by atoms with Crippen molar-refractivity contribution in [1.29, 1.82) is 0 Å². The van der Waals surface area contributed by atoms with Gasteiger partial charge in [-0.2, -0.15) is 9.78 Å². The molecule has 0 aliphatic carbocycles. The van der Waals surface area contributed by atoms with Gasteiger partial charge in [-0.15, -0.1) is 0 Å². The van der Waals surface area contributed by atoms with E-state index in [9.17, 15) is 4.79 Å². The van der Waals surface area contributed by atoms with Crippen molar-refractivity contribution < 1.29 is 4.74 Å². The molecule has 0 saturated carbocycles. The van der Waals surface area contributed by atoms with Crippen molar-refractivity contribution in [2.24, 2.45) is 5.10 Å². The van der Waals surface area contributed by atoms with Gasteiger partial charge in [-0.1, -0.05) is 66.5 Å². The van der Waals surface area contributed by atoms with Gasteiger partial charge in [-0.25, -0.2) is 4.98 Å². The van der Waals surface area contributed by atoms with E-state index in [4.69, 9.17) is 9.72 Å². The smallest absolute Gasteiger partial charge is 0.282 e. The maximum atomic E-state index is 13.3. The van der Waals surface area contributed by atoms with E-state index in [1.165, 1.54) is 10.2 Å². The molecule has 0 unspecified atom stereocenters. The highest BCUT2D eigenvalue weighted by atomic mass is 127. The molecule has 0 bridgehead atoms. The zero-order valence-electron chi connectivity index (χ0n) is 19.5. The van der Waals surface area contributed by atoms with Crippen LogP contribution in [0.15, 0.2) is 75.0 Å². The highest BCUT2D eigenvalue weighted by molar-refractivity contribution is 14.1. The number of hydrogen-bond acceptors (Lipinski definition) is 4. The Bertz CT molecular complexity index is 1440. The largest absolute Gasteiger partial charge is 0.488 e. The second kappa shape index (κ2) is 10.00. The number of halogens is 2. The molecular formula is C27H25BrIN3O2. The molecule has 7 heteroatoms. The van der Waals surface area contributed by atoms with Crippen molar-refractivity contribution in [3.05, 3.63) is 102 Å². The molecule has 0 atom stereocenters. The summed E-state index contributed by atoms with van der Waals surface area (Å²) in [5, 5.41) is 5.07. The third-order valence-corrected chi connectivity index (χ3v) is 6.61. The van der Waals surface area contributed by atoms with Crippen LogP contribution in [-0.2, 0) is 12.0 Å². The number of hydrogen-bond donors (Lipinski definition) is 0. The molecular weight excluding hydrogens is 605 g/mol. The molecule has 34 heavy (non-hydrogen) atoms. The molecule has 4 rings (SSSR count). The summed E-state index contributed by atoms with van der Waals surface area (Å²) in [6.07, 6.45) is 1.69. The van der Waals surface area contributed by atoms with Crippen molar-refractivity contribution in [3.8, 4) is 5.75 Å². The predicted octanol–water partition coefficient (Wildman–Crippen LogP) is 6.83. The van der Waals surface area contributed by atoms with Gasteiger partial charge in [0, 0.05) is 9.89 Å². The van der Waals surface area contributed by atoms with E-state index >= 15 is 0 Å². The van der Waals surface area contributed by atoms with Crippen LogP contribution < -0.4 is 10.3 Å². The van der Waals surface area contributed by atoms with Gasteiger partial charge in [-0.3, -0.25) is 4.79 Å². The van der Waals surface area contributed by atoms with Crippen LogP contribution in [0.5, 0.6) is 5.75 Å². The molecule has 0 saturated heterocycles. The standard InChI is InChI=1S/C27H25BrIN3O2/c1-17-5-7-18(8-6-17)16-34-24-12-9-19(13-22(24)29)15-30-32-25(33)21-14-20(28)10-11-23(21)31-26(32)27(2,3)4/h5-15H,16H2,1-4H3. The first-order chi connectivity index (χ1) is 16.1. The number of benzene rings is 3. The van der Waals surface area contributed by atoms with E-state index in [2.05, 4.69) is 74.8 Å². The first-order valence-electron chi connectivity index (χ1n) is 10.9. The Labute approximate surface area is 221 Å². The SMILES string of the molecule is Cc1ccc(COc2ccc(C=Nn3c(C(C)(C)C)nc4ccc(Br)cc4c3=O)cc2I)cc1. The van der Waals surface area contributed by atoms with Crippen LogP contribution in [0.4, 0.5) is 0 Å². The Morgan fingerprint density at radius 3 is 2.50 bits per heavy atom. The summed E-state index contributed by atoms with van der Waals surface area (Å²) in [6, 6.07) is 19.7. The van der Waals surface area contributed by atoms with Crippen molar-refractivity contribution in [2.45, 2.75) is 39.7 Å². The number of fused-ring (bicyclic) bond motifs is 1. The van der Waals surface area contributed by atoms with E-state index in [-0.39, 0.29) is 11.0 Å². The topological polar surface area (TPSA) is 56.5 Å². The van der Waals surface area contributed by atoms with Gasteiger partial charge in [-0.05, 0) is 77.0 Å². The third kappa shape index (κ3) is 5.58. The van der Waals surface area contributed by atoms with Gasteiger partial charge < -0.3 is 4.74 Å². The Morgan fingerprint density at radius 1 is 1.09 bits per heavy atom. The van der Waals surface area contributed by atoms with Crippen LogP contribution in [0.2, 0.25) is 0 Å². The van der Waals surface area contributed by atoms with Gasteiger partial charge in [0.25, 0.3) is 5.56 Å². The summed E-state index contributed by atoms with van der Waals surface area (Å²) in [4.78, 5) is 18.1. The summed E-state index contributed by atoms with van der Waals surface area (Å²) < 4.78 is 9.20. The first-order valence-corrected chi connectivity index (χ1v) is 12.7. The van der Waals surface area contributed by atoms with Crippen molar-refractivity contribution in [2.75, 3.05) is 0 Å². The molecule has 0 spiro atoms. The highest BCUT2D eigenvalue weighted by Crippen LogP contribution is 2.24. The highest BCUT2D eigenvalue weighted by Gasteiger charge is 2.22. The van der Waals surface area contributed by atoms with Crippen molar-refractivity contribution in [1.82, 2.24) is 9.66 Å². The van der Waals surface area contributed by atoms with E-state index in [1.54, 1.807) is 12.3 Å². The van der Waals surface area contributed by atoms with Crippen molar-refractivity contribution >= 4 is 55.6 Å². The lowest BCUT2D eigenvalue weighted by atomic mass is 9.95. The molecule has 5 nitrogen and oxygen atoms in total. The van der Waals surface area contributed by atoms with E-state index in [0.29, 0.717) is 23.3 Å². The van der Waals surface area contributed by atoms with Crippen molar-refractivity contribution in [3.63, 3.8) is 0 Å². The Kier molecular flexibility index (Phi) is 7.23. The average Bonchev–Trinajstić information content (AvgIpc) is 2.78. The molecule has 0 amide bonds. The van der Waals surface area contributed by atoms with E-state index in [1.807, 2.05) is 51.1 Å². The summed E-state index contributed by atoms with van der Waals surface area (Å²) in [6.45, 7) is 8.64. The summed E-state index contributed by atoms with van der Waals surface area (Å²) >= 11 is 5.70. The van der Waals surface area contributed by atoms with Gasteiger partial charge in [0.15, 0.2) is 0 Å². The minimum atomic E-state index is -0.361. The van der Waals surface area contributed by atoms with Crippen LogP contribution in [-0.4, -0.2) is 15.9 Å². The van der Waals surface area contributed by atoms with Gasteiger partial charge in [0.2, 0.25) is 0 Å². The number of rotatable bonds is 5. The van der Waals surface area contributed by atoms with E-state index < -0.39 is 0 Å². The minimum absolute atomic E-state index is 0.194. The molecule has 4 aromatic rings. The Balaban J connectivity index is 1.63. The lowest BCUT2D eigenvalue weighted by Gasteiger charge is -2.20. The summed E-state index contributed by atoms with van der Waals surface area (Å²) in [7, 11) is 0. The second-order valence-electron chi connectivity index (χ2n) is 9.17. The molecule has 0 radical (unpaired) electrons. The summed E-state index contributed by atoms with van der Waals surface area (Å²) in [5.74, 6) is 1.42. The maximum Gasteiger partial charge on any atom is 0.282 e. The number of ether oxygens (including phenoxy) is 1. The third-order valence-electron chi connectivity index (χ3n) is 5.27. The van der Waals surface area contributed by atoms with Crippen LogP contribution in [0, 0.1) is 10.5 Å². The first kappa shape index (κ1) is 24.6. The number of aromatic nitrogens is 2. The molecule has 1 heterocycles. The zero-order valence-corrected chi connectivity index (χ0v) is 23.2. The normalized spacial score (nSPS) is 11.9. The Morgan fingerprint density at radius 2 is 1.82 bits per heavy atom. The monoisotopic (exact) mass is 629 g/mol. The molecule has 0 aliphatic heterocycles. The lowest BCUT2D eigenvalue weighted by Crippen LogP contribution is -2.29. The second-order valence-corrected chi connectivity index (χ2v) is 11.3. The number of aryl methyl sites for hydroxylation is 1. The van der Waals surface area contributed by atoms with Crippen LogP contribution in [0.1, 0.15) is 43.3 Å². The number of nitrogens with zero attached hydrogens (tertiary/aromatic N) is 3. The fraction of sp³-hybridized carbons (Fsp3) is 0.222. The molecule has 0 N–H and O–H groups in total. The lowest BCUT2D eigenvalue weighted by molar-refractivity contribution is 0.304. The van der Waals surface area contributed by atoms with Crippen LogP contribution >= 0.6 is 38.5 Å². The summed E-state index contributed by atoms with van der Waals surface area (Å²) in [5.41, 5.74) is 3.32. The van der Waals surface area contributed by atoms with Crippen LogP contribution in [0.25, 0.3) is 10.9 Å². The molecule has 174 valence electrons. The molecule has 3 aromatic carbocycles. The van der Waals surface area contributed by atoms with E-state index in [0.717, 1.165) is 24.9 Å². The molecule has 1 aromatic heterocycles. The maximum absolute atomic E-state index is 13.3. The van der Waals surface area contributed by atoms with Gasteiger partial charge >= 0.3 is 0 Å².